The number of amides is 1. The molecule has 2 fully saturated rings. The van der Waals surface area contributed by atoms with E-state index in [0.29, 0.717) is 17.7 Å². The highest BCUT2D eigenvalue weighted by molar-refractivity contribution is 5.94. The summed E-state index contributed by atoms with van der Waals surface area (Å²) >= 11 is 0. The van der Waals surface area contributed by atoms with Crippen molar-refractivity contribution in [1.29, 1.82) is 0 Å². The molecule has 1 aliphatic carbocycles. The van der Waals surface area contributed by atoms with E-state index in [1.54, 1.807) is 11.0 Å². The van der Waals surface area contributed by atoms with E-state index in [1.807, 2.05) is 55.6 Å². The summed E-state index contributed by atoms with van der Waals surface area (Å²) in [6.07, 6.45) is 3.46. The molecule has 1 amide bonds. The zero-order valence-electron chi connectivity index (χ0n) is 20.0. The summed E-state index contributed by atoms with van der Waals surface area (Å²) in [7, 11) is 1.84. The predicted octanol–water partition coefficient (Wildman–Crippen LogP) is 3.65. The number of nitrogens with zero attached hydrogens (tertiary/aromatic N) is 2. The monoisotopic (exact) mass is 462 g/mol. The molecule has 6 nitrogen and oxygen atoms in total. The molecule has 6 heteroatoms. The molecule has 1 aliphatic heterocycles. The third kappa shape index (κ3) is 4.79. The van der Waals surface area contributed by atoms with Crippen LogP contribution in [0.5, 0.6) is 5.75 Å². The van der Waals surface area contributed by atoms with E-state index in [9.17, 15) is 14.7 Å². The van der Waals surface area contributed by atoms with E-state index in [4.69, 9.17) is 4.74 Å². The van der Waals surface area contributed by atoms with Crippen LogP contribution in [0, 0.1) is 5.92 Å². The van der Waals surface area contributed by atoms with E-state index < -0.39 is 6.10 Å². The minimum atomic E-state index is -0.560. The van der Waals surface area contributed by atoms with E-state index in [-0.39, 0.29) is 29.3 Å². The Morgan fingerprint density at radius 2 is 2.00 bits per heavy atom. The number of rotatable bonds is 6. The number of carbonyl (C=O) groups excluding carboxylic acids is 2. The second kappa shape index (κ2) is 10.1. The molecular weight excluding hydrogens is 428 g/mol. The second-order valence-electron chi connectivity index (χ2n) is 9.63. The quantitative estimate of drug-likeness (QED) is 0.403. The van der Waals surface area contributed by atoms with Gasteiger partial charge in [0.2, 0.25) is 0 Å². The van der Waals surface area contributed by atoms with Gasteiger partial charge in [-0.3, -0.25) is 14.5 Å². The topological polar surface area (TPSA) is 70.1 Å². The summed E-state index contributed by atoms with van der Waals surface area (Å²) in [4.78, 5) is 28.9. The number of piperidine rings is 1. The van der Waals surface area contributed by atoms with Crippen LogP contribution >= 0.6 is 0 Å². The third-order valence-electron chi connectivity index (χ3n) is 7.56. The molecule has 2 aliphatic rings. The first kappa shape index (κ1) is 24.2. The molecule has 34 heavy (non-hydrogen) atoms. The van der Waals surface area contributed by atoms with E-state index >= 15 is 0 Å². The number of fused-ring (bicyclic) bond motifs is 1. The largest absolute Gasteiger partial charge is 0.427 e. The molecule has 1 unspecified atom stereocenters. The molecule has 180 valence electrons. The van der Waals surface area contributed by atoms with Gasteiger partial charge in [0, 0.05) is 50.0 Å². The molecule has 1 saturated carbocycles. The summed E-state index contributed by atoms with van der Waals surface area (Å²) in [6.45, 7) is 7.68. The highest BCUT2D eigenvalue weighted by Gasteiger charge is 2.53. The van der Waals surface area contributed by atoms with Crippen LogP contribution in [0.25, 0.3) is 0 Å². The lowest BCUT2D eigenvalue weighted by Gasteiger charge is -2.56. The van der Waals surface area contributed by atoms with Crippen LogP contribution < -0.4 is 4.74 Å². The first-order valence-corrected chi connectivity index (χ1v) is 12.0. The van der Waals surface area contributed by atoms with Crippen molar-refractivity contribution in [2.45, 2.75) is 43.7 Å². The fourth-order valence-electron chi connectivity index (χ4n) is 5.88. The average molecular weight is 463 g/mol. The number of hydrogen-bond donors (Lipinski definition) is 1. The number of likely N-dealkylation sites (tertiary alicyclic amines) is 1. The van der Waals surface area contributed by atoms with Gasteiger partial charge in [-0.25, -0.2) is 0 Å². The molecule has 4 rings (SSSR count). The third-order valence-corrected chi connectivity index (χ3v) is 7.56. The molecule has 0 spiro atoms. The maximum absolute atomic E-state index is 13.2. The van der Waals surface area contributed by atoms with Crippen LogP contribution in [-0.4, -0.2) is 65.6 Å². The summed E-state index contributed by atoms with van der Waals surface area (Å²) in [6, 6.07) is 16.9. The molecule has 0 aromatic heterocycles. The minimum Gasteiger partial charge on any atom is -0.427 e. The fourth-order valence-corrected chi connectivity index (χ4v) is 5.88. The lowest BCUT2D eigenvalue weighted by atomic mass is 9.56. The number of hydrogen-bond acceptors (Lipinski definition) is 5. The van der Waals surface area contributed by atoms with Crippen molar-refractivity contribution < 1.29 is 19.4 Å². The molecule has 0 radical (unpaired) electrons. The number of aliphatic hydroxyl groups excluding tert-OH is 1. The number of aliphatic hydroxyl groups is 1. The highest BCUT2D eigenvalue weighted by atomic mass is 16.5. The standard InChI is InChI=1S/C28H34N2O4/c1-4-14-30-15-13-28(22-11-8-12-24(16-22)34-20(2)31)18-23(17-26(32)25(28)19-30)29(3)27(33)21-9-6-5-7-10-21/h4-12,16,23,25-26,32H,1,13-15,17-19H2,2-3H3/t23-,25+,26?,28+/m1/s1. The van der Waals surface area contributed by atoms with Crippen LogP contribution in [-0.2, 0) is 10.2 Å². The van der Waals surface area contributed by atoms with Crippen LogP contribution in [0.2, 0.25) is 0 Å². The van der Waals surface area contributed by atoms with Gasteiger partial charge < -0.3 is 14.7 Å². The Bertz CT molecular complexity index is 1040. The lowest BCUT2D eigenvalue weighted by Crippen LogP contribution is -2.61. The van der Waals surface area contributed by atoms with Crippen molar-refractivity contribution >= 4 is 11.9 Å². The highest BCUT2D eigenvalue weighted by Crippen LogP contribution is 2.50. The Labute approximate surface area is 201 Å². The number of carbonyl (C=O) groups is 2. The molecule has 4 atom stereocenters. The van der Waals surface area contributed by atoms with Gasteiger partial charge in [-0.05, 0) is 55.6 Å². The Morgan fingerprint density at radius 3 is 2.71 bits per heavy atom. The van der Waals surface area contributed by atoms with Crippen molar-refractivity contribution in [3.05, 3.63) is 78.4 Å². The maximum Gasteiger partial charge on any atom is 0.308 e. The van der Waals surface area contributed by atoms with E-state index in [2.05, 4.69) is 17.5 Å². The molecule has 1 N–H and O–H groups in total. The van der Waals surface area contributed by atoms with Crippen molar-refractivity contribution in [2.75, 3.05) is 26.7 Å². The van der Waals surface area contributed by atoms with Crippen molar-refractivity contribution in [2.24, 2.45) is 5.92 Å². The van der Waals surface area contributed by atoms with E-state index in [1.165, 1.54) is 6.92 Å². The smallest absolute Gasteiger partial charge is 0.308 e. The molecular formula is C28H34N2O4. The number of esters is 1. The summed E-state index contributed by atoms with van der Waals surface area (Å²) in [5.41, 5.74) is 1.37. The fraction of sp³-hybridized carbons (Fsp3) is 0.429. The van der Waals surface area contributed by atoms with Crippen molar-refractivity contribution in [3.8, 4) is 5.75 Å². The SMILES string of the molecule is C=CCN1CC[C@@]2(c3cccc(OC(C)=O)c3)C[C@H](N(C)C(=O)c3ccccc3)CC(O)[C@@H]2C1. The summed E-state index contributed by atoms with van der Waals surface area (Å²) in [5.74, 6) is 0.119. The van der Waals surface area contributed by atoms with Crippen molar-refractivity contribution in [1.82, 2.24) is 9.80 Å². The molecule has 2 aromatic rings. The van der Waals surface area contributed by atoms with Crippen LogP contribution in [0.3, 0.4) is 0 Å². The molecule has 1 saturated heterocycles. The average Bonchev–Trinajstić information content (AvgIpc) is 2.84. The number of ether oxygens (including phenoxy) is 1. The van der Waals surface area contributed by atoms with Gasteiger partial charge in [-0.2, -0.15) is 0 Å². The Morgan fingerprint density at radius 1 is 1.24 bits per heavy atom. The van der Waals surface area contributed by atoms with Gasteiger partial charge in [0.05, 0.1) is 6.10 Å². The van der Waals surface area contributed by atoms with Crippen molar-refractivity contribution in [3.63, 3.8) is 0 Å². The second-order valence-corrected chi connectivity index (χ2v) is 9.63. The van der Waals surface area contributed by atoms with Crippen LogP contribution in [0.1, 0.15) is 42.1 Å². The Balaban J connectivity index is 1.69. The summed E-state index contributed by atoms with van der Waals surface area (Å²) < 4.78 is 5.39. The summed E-state index contributed by atoms with van der Waals surface area (Å²) in [5, 5.41) is 11.4. The zero-order valence-corrected chi connectivity index (χ0v) is 20.0. The lowest BCUT2D eigenvalue weighted by molar-refractivity contribution is -0.131. The molecule has 1 heterocycles. The van der Waals surface area contributed by atoms with Gasteiger partial charge in [-0.15, -0.1) is 6.58 Å². The van der Waals surface area contributed by atoms with E-state index in [0.717, 1.165) is 38.0 Å². The normalized spacial score (nSPS) is 26.9. The molecule has 2 aromatic carbocycles. The van der Waals surface area contributed by atoms with Crippen LogP contribution in [0.15, 0.2) is 67.3 Å². The zero-order chi connectivity index (χ0) is 24.3. The Kier molecular flexibility index (Phi) is 7.19. The number of benzene rings is 2. The maximum atomic E-state index is 13.2. The first-order chi connectivity index (χ1) is 16.3. The van der Waals surface area contributed by atoms with Gasteiger partial charge in [0.25, 0.3) is 5.91 Å². The van der Waals surface area contributed by atoms with Gasteiger partial charge >= 0.3 is 5.97 Å². The Hall–Kier alpha value is -2.96. The minimum absolute atomic E-state index is 0.00487. The van der Waals surface area contributed by atoms with Crippen LogP contribution in [0.4, 0.5) is 0 Å². The van der Waals surface area contributed by atoms with Gasteiger partial charge in [0.15, 0.2) is 0 Å². The molecule has 0 bridgehead atoms. The first-order valence-electron chi connectivity index (χ1n) is 12.0. The van der Waals surface area contributed by atoms with Gasteiger partial charge in [-0.1, -0.05) is 36.4 Å². The van der Waals surface area contributed by atoms with Gasteiger partial charge in [0.1, 0.15) is 5.75 Å². The predicted molar refractivity (Wildman–Crippen MR) is 132 cm³/mol.